The van der Waals surface area contributed by atoms with Gasteiger partial charge in [-0.05, 0) is 56.4 Å². The SMILES string of the molecule is CCCCCCCCCCC(=O)COS(=O)(=O)c1c(C)c(C)cc(C)c1C. The fourth-order valence-corrected chi connectivity index (χ4v) is 4.76. The normalized spacial score (nSPS) is 11.7. The maximum Gasteiger partial charge on any atom is 0.297 e. The predicted octanol–water partition coefficient (Wildman–Crippen LogP) is 5.73. The van der Waals surface area contributed by atoms with Crippen LogP contribution in [0, 0.1) is 27.7 Å². The first-order chi connectivity index (χ1) is 12.7. The zero-order valence-corrected chi connectivity index (χ0v) is 18.5. The Balaban J connectivity index is 2.46. The Morgan fingerprint density at radius 3 is 1.85 bits per heavy atom. The molecule has 1 aromatic rings. The van der Waals surface area contributed by atoms with Crippen LogP contribution in [0.3, 0.4) is 0 Å². The summed E-state index contributed by atoms with van der Waals surface area (Å²) in [4.78, 5) is 12.2. The van der Waals surface area contributed by atoms with Crippen LogP contribution in [0.1, 0.15) is 87.0 Å². The lowest BCUT2D eigenvalue weighted by Gasteiger charge is -2.15. The summed E-state index contributed by atoms with van der Waals surface area (Å²) < 4.78 is 30.3. The molecule has 27 heavy (non-hydrogen) atoms. The van der Waals surface area contributed by atoms with Crippen LogP contribution in [-0.4, -0.2) is 20.8 Å². The monoisotopic (exact) mass is 396 g/mol. The van der Waals surface area contributed by atoms with Gasteiger partial charge >= 0.3 is 0 Å². The third-order valence-electron chi connectivity index (χ3n) is 5.23. The van der Waals surface area contributed by atoms with Gasteiger partial charge in [-0.3, -0.25) is 8.98 Å². The van der Waals surface area contributed by atoms with E-state index in [0.717, 1.165) is 30.4 Å². The highest BCUT2D eigenvalue weighted by Crippen LogP contribution is 2.27. The summed E-state index contributed by atoms with van der Waals surface area (Å²) in [5.74, 6) is -0.149. The van der Waals surface area contributed by atoms with Crippen molar-refractivity contribution in [3.63, 3.8) is 0 Å². The fourth-order valence-electron chi connectivity index (χ4n) is 3.29. The van der Waals surface area contributed by atoms with E-state index in [2.05, 4.69) is 6.92 Å². The summed E-state index contributed by atoms with van der Waals surface area (Å²) in [6.45, 7) is 9.16. The summed E-state index contributed by atoms with van der Waals surface area (Å²) in [5.41, 5.74) is 3.19. The molecule has 0 amide bonds. The molecule has 0 unspecified atom stereocenters. The van der Waals surface area contributed by atoms with Gasteiger partial charge in [0.05, 0.1) is 0 Å². The maximum absolute atomic E-state index is 12.6. The van der Waals surface area contributed by atoms with Crippen LogP contribution >= 0.6 is 0 Å². The van der Waals surface area contributed by atoms with Crippen molar-refractivity contribution in [1.29, 1.82) is 0 Å². The minimum atomic E-state index is -3.93. The Bertz CT molecular complexity index is 694. The predicted molar refractivity (Wildman–Crippen MR) is 111 cm³/mol. The fraction of sp³-hybridized carbons (Fsp3) is 0.682. The van der Waals surface area contributed by atoms with Gasteiger partial charge in [-0.1, -0.05) is 57.9 Å². The van der Waals surface area contributed by atoms with Crippen molar-refractivity contribution in [1.82, 2.24) is 0 Å². The lowest BCUT2D eigenvalue weighted by atomic mass is 10.0. The van der Waals surface area contributed by atoms with Gasteiger partial charge in [0, 0.05) is 6.42 Å². The second kappa shape index (κ2) is 11.6. The molecular weight excluding hydrogens is 360 g/mol. The lowest BCUT2D eigenvalue weighted by molar-refractivity contribution is -0.121. The lowest BCUT2D eigenvalue weighted by Crippen LogP contribution is -2.17. The number of unbranched alkanes of at least 4 members (excludes halogenated alkanes) is 7. The number of hydrogen-bond donors (Lipinski definition) is 0. The molecule has 0 aromatic heterocycles. The smallest absolute Gasteiger partial charge is 0.297 e. The number of carbonyl (C=O) groups is 1. The number of carbonyl (C=O) groups excluding carboxylic acids is 1. The van der Waals surface area contributed by atoms with Crippen LogP contribution in [0.4, 0.5) is 0 Å². The largest absolute Gasteiger partial charge is 0.297 e. The van der Waals surface area contributed by atoms with Gasteiger partial charge in [-0.2, -0.15) is 8.42 Å². The first-order valence-electron chi connectivity index (χ1n) is 10.2. The van der Waals surface area contributed by atoms with Crippen LogP contribution in [0.15, 0.2) is 11.0 Å². The number of rotatable bonds is 13. The molecule has 1 aromatic carbocycles. The highest BCUT2D eigenvalue weighted by molar-refractivity contribution is 7.86. The molecule has 0 aliphatic carbocycles. The Labute approximate surface area is 165 Å². The average molecular weight is 397 g/mol. The number of ketones is 1. The molecule has 0 spiro atoms. The van der Waals surface area contributed by atoms with Crippen molar-refractivity contribution in [3.05, 3.63) is 28.3 Å². The van der Waals surface area contributed by atoms with E-state index in [0.29, 0.717) is 17.5 Å². The van der Waals surface area contributed by atoms with E-state index in [1.54, 1.807) is 13.8 Å². The number of benzene rings is 1. The molecule has 0 fully saturated rings. The second-order valence-corrected chi connectivity index (χ2v) is 9.12. The molecule has 0 bridgehead atoms. The molecular formula is C22H36O4S. The summed E-state index contributed by atoms with van der Waals surface area (Å²) in [6, 6.07) is 1.97. The minimum absolute atomic E-state index is 0.149. The standard InChI is InChI=1S/C22H36O4S/c1-6-7-8-9-10-11-12-13-14-21(23)16-26-27(24,25)22-19(4)17(2)15-18(3)20(22)5/h15H,6-14,16H2,1-5H3. The summed E-state index contributed by atoms with van der Waals surface area (Å²) in [5, 5.41) is 0. The van der Waals surface area contributed by atoms with E-state index in [9.17, 15) is 13.2 Å². The molecule has 154 valence electrons. The molecule has 0 aliphatic rings. The van der Waals surface area contributed by atoms with Gasteiger partial charge in [-0.25, -0.2) is 0 Å². The molecule has 0 N–H and O–H groups in total. The topological polar surface area (TPSA) is 60.4 Å². The molecule has 4 nitrogen and oxygen atoms in total. The second-order valence-electron chi connectivity index (χ2n) is 7.57. The van der Waals surface area contributed by atoms with Crippen molar-refractivity contribution in [2.45, 2.75) is 97.3 Å². The summed E-state index contributed by atoms with van der Waals surface area (Å²) >= 11 is 0. The van der Waals surface area contributed by atoms with Crippen molar-refractivity contribution >= 4 is 15.9 Å². The molecule has 1 rings (SSSR count). The van der Waals surface area contributed by atoms with Crippen LogP contribution in [-0.2, 0) is 19.1 Å². The van der Waals surface area contributed by atoms with Crippen LogP contribution < -0.4 is 0 Å². The molecule has 0 atom stereocenters. The maximum atomic E-state index is 12.6. The highest BCUT2D eigenvalue weighted by Gasteiger charge is 2.24. The molecule has 0 radical (unpaired) electrons. The first kappa shape index (κ1) is 23.8. The van der Waals surface area contributed by atoms with Gasteiger partial charge in [-0.15, -0.1) is 0 Å². The van der Waals surface area contributed by atoms with Crippen molar-refractivity contribution < 1.29 is 17.4 Å². The van der Waals surface area contributed by atoms with Gasteiger partial charge in [0.1, 0.15) is 11.5 Å². The number of hydrogen-bond acceptors (Lipinski definition) is 4. The summed E-state index contributed by atoms with van der Waals surface area (Å²) in [6.07, 6.45) is 9.65. The quantitative estimate of drug-likeness (QED) is 0.316. The van der Waals surface area contributed by atoms with Crippen LogP contribution in [0.2, 0.25) is 0 Å². The van der Waals surface area contributed by atoms with E-state index in [1.165, 1.54) is 32.1 Å². The van der Waals surface area contributed by atoms with Gasteiger partial charge in [0.2, 0.25) is 0 Å². The Morgan fingerprint density at radius 1 is 0.852 bits per heavy atom. The van der Waals surface area contributed by atoms with Crippen molar-refractivity contribution in [2.75, 3.05) is 6.61 Å². The van der Waals surface area contributed by atoms with Gasteiger partial charge < -0.3 is 0 Å². The highest BCUT2D eigenvalue weighted by atomic mass is 32.2. The Hall–Kier alpha value is -1.20. The van der Waals surface area contributed by atoms with E-state index in [4.69, 9.17) is 4.18 Å². The third kappa shape index (κ3) is 7.74. The zero-order valence-electron chi connectivity index (χ0n) is 17.7. The van der Waals surface area contributed by atoms with E-state index < -0.39 is 10.1 Å². The number of aryl methyl sites for hydroxylation is 2. The Kier molecular flexibility index (Phi) is 10.2. The molecule has 0 heterocycles. The molecule has 0 aliphatic heterocycles. The van der Waals surface area contributed by atoms with Crippen molar-refractivity contribution in [3.8, 4) is 0 Å². The van der Waals surface area contributed by atoms with Crippen molar-refractivity contribution in [2.24, 2.45) is 0 Å². The van der Waals surface area contributed by atoms with Gasteiger partial charge in [0.15, 0.2) is 5.78 Å². The number of Topliss-reactive ketones (excluding diaryl/α,β-unsaturated/α-hetero) is 1. The molecule has 0 saturated heterocycles. The minimum Gasteiger partial charge on any atom is -0.297 e. The van der Waals surface area contributed by atoms with E-state index in [1.807, 2.05) is 19.9 Å². The summed E-state index contributed by atoms with van der Waals surface area (Å²) in [7, 11) is -3.93. The van der Waals surface area contributed by atoms with Crippen LogP contribution in [0.5, 0.6) is 0 Å². The average Bonchev–Trinajstić information content (AvgIpc) is 2.60. The zero-order chi connectivity index (χ0) is 20.4. The van der Waals surface area contributed by atoms with E-state index >= 15 is 0 Å². The van der Waals surface area contributed by atoms with Gasteiger partial charge in [0.25, 0.3) is 10.1 Å². The molecule has 5 heteroatoms. The Morgan fingerprint density at radius 2 is 1.33 bits per heavy atom. The van der Waals surface area contributed by atoms with Crippen LogP contribution in [0.25, 0.3) is 0 Å². The molecule has 0 saturated carbocycles. The van der Waals surface area contributed by atoms with E-state index in [-0.39, 0.29) is 17.3 Å². The third-order valence-corrected chi connectivity index (χ3v) is 6.77. The first-order valence-corrected chi connectivity index (χ1v) is 11.6.